The molecule has 1 aromatic heterocycles. The molecule has 1 fully saturated rings. The predicted molar refractivity (Wildman–Crippen MR) is 137 cm³/mol. The normalized spacial score (nSPS) is 21.3. The van der Waals surface area contributed by atoms with Crippen LogP contribution in [0.4, 0.5) is 0 Å². The third-order valence-corrected chi connectivity index (χ3v) is 6.91. The number of aromatic nitrogens is 1. The average molecular weight is 502 g/mol. The zero-order valence-electron chi connectivity index (χ0n) is 21.1. The molecule has 0 amide bonds. The van der Waals surface area contributed by atoms with Gasteiger partial charge in [-0.05, 0) is 81.7 Å². The van der Waals surface area contributed by atoms with Crippen LogP contribution >= 0.6 is 11.6 Å². The Morgan fingerprint density at radius 2 is 1.91 bits per heavy atom. The van der Waals surface area contributed by atoms with Gasteiger partial charge in [0, 0.05) is 35.9 Å². The van der Waals surface area contributed by atoms with E-state index in [9.17, 15) is 9.59 Å². The highest BCUT2D eigenvalue weighted by Crippen LogP contribution is 2.34. The third kappa shape index (κ3) is 6.35. The summed E-state index contributed by atoms with van der Waals surface area (Å²) in [7, 11) is 0. The van der Waals surface area contributed by atoms with Crippen LogP contribution in [0.3, 0.4) is 0 Å². The number of nitrogens with zero attached hydrogens (tertiary/aromatic N) is 1. The first-order chi connectivity index (χ1) is 16.6. The van der Waals surface area contributed by atoms with E-state index < -0.39 is 17.6 Å². The van der Waals surface area contributed by atoms with Crippen molar-refractivity contribution in [2.45, 2.75) is 96.7 Å². The first-order valence-electron chi connectivity index (χ1n) is 12.6. The minimum Gasteiger partial charge on any atom is -0.458 e. The van der Waals surface area contributed by atoms with Crippen molar-refractivity contribution in [3.8, 4) is 11.1 Å². The molecule has 35 heavy (non-hydrogen) atoms. The number of rotatable bonds is 5. The summed E-state index contributed by atoms with van der Waals surface area (Å²) < 4.78 is 19.4. The lowest BCUT2D eigenvalue weighted by molar-refractivity contribution is -0.160. The molecule has 0 aliphatic carbocycles. The number of pyridine rings is 1. The molecular formula is C28H36ClNO5. The van der Waals surface area contributed by atoms with E-state index in [1.165, 1.54) is 4.57 Å². The molecule has 190 valence electrons. The van der Waals surface area contributed by atoms with Crippen molar-refractivity contribution in [2.75, 3.05) is 6.61 Å². The van der Waals surface area contributed by atoms with Crippen LogP contribution in [0.15, 0.2) is 35.3 Å². The van der Waals surface area contributed by atoms with Gasteiger partial charge in [-0.25, -0.2) is 4.79 Å². The quantitative estimate of drug-likeness (QED) is 0.480. The van der Waals surface area contributed by atoms with Crippen molar-refractivity contribution >= 4 is 17.6 Å². The highest BCUT2D eigenvalue weighted by atomic mass is 35.5. The van der Waals surface area contributed by atoms with Crippen molar-refractivity contribution in [3.05, 3.63) is 57.0 Å². The van der Waals surface area contributed by atoms with Gasteiger partial charge in [-0.2, -0.15) is 0 Å². The Morgan fingerprint density at radius 3 is 2.60 bits per heavy atom. The summed E-state index contributed by atoms with van der Waals surface area (Å²) in [5.74, 6) is -0.421. The summed E-state index contributed by atoms with van der Waals surface area (Å²) >= 11 is 6.35. The Bertz CT molecular complexity index is 1110. The Morgan fingerprint density at radius 1 is 1.14 bits per heavy atom. The van der Waals surface area contributed by atoms with E-state index in [1.54, 1.807) is 12.3 Å². The molecule has 0 saturated carbocycles. The molecule has 0 spiro atoms. The predicted octanol–water partition coefficient (Wildman–Crippen LogP) is 5.86. The molecule has 2 aromatic rings. The third-order valence-electron chi connectivity index (χ3n) is 6.68. The minimum atomic E-state index is -0.777. The van der Waals surface area contributed by atoms with E-state index in [2.05, 4.69) is 6.92 Å². The number of benzene rings is 1. The van der Waals surface area contributed by atoms with Gasteiger partial charge in [0.1, 0.15) is 11.6 Å². The molecule has 3 atom stereocenters. The molecule has 3 heterocycles. The molecule has 2 aliphatic rings. The molecule has 2 aliphatic heterocycles. The number of hydrogen-bond acceptors (Lipinski definition) is 5. The van der Waals surface area contributed by atoms with Crippen LogP contribution in [0.2, 0.25) is 5.02 Å². The summed E-state index contributed by atoms with van der Waals surface area (Å²) in [5.41, 5.74) is 2.78. The monoisotopic (exact) mass is 501 g/mol. The van der Waals surface area contributed by atoms with Crippen LogP contribution < -0.4 is 5.56 Å². The fraction of sp³-hybridized carbons (Fsp3) is 0.571. The van der Waals surface area contributed by atoms with Gasteiger partial charge in [-0.15, -0.1) is 0 Å². The van der Waals surface area contributed by atoms with Crippen molar-refractivity contribution in [2.24, 2.45) is 0 Å². The van der Waals surface area contributed by atoms with E-state index in [0.29, 0.717) is 24.7 Å². The standard InChI is InChI=1S/C28H36ClNO5/c1-5-21-12-18-9-10-20(29)13-23(18)24-15-26(31)30(16-19(24)17-34-21)25(27(32)35-28(2,3)4)14-22-8-6-7-11-33-22/h9-10,13,15-16,21-22,25H,5-8,11-12,14,17H2,1-4H3/t21-,22+,25?/m1/s1. The Kier molecular flexibility index (Phi) is 8.04. The van der Waals surface area contributed by atoms with Crippen LogP contribution in [-0.4, -0.2) is 35.0 Å². The van der Waals surface area contributed by atoms with Gasteiger partial charge in [0.15, 0.2) is 0 Å². The molecule has 0 radical (unpaired) electrons. The number of carbonyl (C=O) groups excluding carboxylic acids is 1. The fourth-order valence-electron chi connectivity index (χ4n) is 4.89. The number of carbonyl (C=O) groups is 1. The smallest absolute Gasteiger partial charge is 0.329 e. The highest BCUT2D eigenvalue weighted by Gasteiger charge is 2.32. The molecule has 0 bridgehead atoms. The van der Waals surface area contributed by atoms with Crippen LogP contribution in [0.1, 0.15) is 77.0 Å². The van der Waals surface area contributed by atoms with Crippen LogP contribution in [0, 0.1) is 0 Å². The van der Waals surface area contributed by atoms with Gasteiger partial charge in [0.25, 0.3) is 5.56 Å². The lowest BCUT2D eigenvalue weighted by atomic mass is 9.91. The zero-order valence-corrected chi connectivity index (χ0v) is 21.9. The summed E-state index contributed by atoms with van der Waals surface area (Å²) in [6.07, 6.45) is 6.70. The maximum absolute atomic E-state index is 13.5. The molecule has 1 saturated heterocycles. The first kappa shape index (κ1) is 25.9. The Labute approximate surface area is 212 Å². The first-order valence-corrected chi connectivity index (χ1v) is 13.0. The van der Waals surface area contributed by atoms with Crippen LogP contribution in [0.5, 0.6) is 0 Å². The Hall–Kier alpha value is -2.15. The molecule has 1 aromatic carbocycles. The number of fused-ring (bicyclic) bond motifs is 3. The molecule has 7 heteroatoms. The minimum absolute atomic E-state index is 0.0562. The second kappa shape index (κ2) is 10.9. The number of ether oxygens (including phenoxy) is 3. The summed E-state index contributed by atoms with van der Waals surface area (Å²) in [5, 5.41) is 0.620. The fourth-order valence-corrected chi connectivity index (χ4v) is 5.06. The van der Waals surface area contributed by atoms with E-state index in [0.717, 1.165) is 54.4 Å². The van der Waals surface area contributed by atoms with Gasteiger partial charge >= 0.3 is 5.97 Å². The van der Waals surface area contributed by atoms with Crippen molar-refractivity contribution in [1.82, 2.24) is 4.57 Å². The van der Waals surface area contributed by atoms with E-state index in [4.69, 9.17) is 25.8 Å². The molecule has 1 unspecified atom stereocenters. The largest absolute Gasteiger partial charge is 0.458 e. The van der Waals surface area contributed by atoms with Crippen molar-refractivity contribution in [1.29, 1.82) is 0 Å². The van der Waals surface area contributed by atoms with Crippen LogP contribution in [0.25, 0.3) is 11.1 Å². The summed E-state index contributed by atoms with van der Waals surface area (Å²) in [4.78, 5) is 26.8. The average Bonchev–Trinajstić information content (AvgIpc) is 2.80. The summed E-state index contributed by atoms with van der Waals surface area (Å²) in [6.45, 7) is 8.63. The number of halogens is 1. The highest BCUT2D eigenvalue weighted by molar-refractivity contribution is 6.30. The van der Waals surface area contributed by atoms with Gasteiger partial charge < -0.3 is 18.8 Å². The van der Waals surface area contributed by atoms with Crippen LogP contribution in [-0.2, 0) is 32.0 Å². The maximum atomic E-state index is 13.5. The van der Waals surface area contributed by atoms with E-state index in [1.807, 2.05) is 39.0 Å². The molecule has 0 N–H and O–H groups in total. The van der Waals surface area contributed by atoms with Gasteiger partial charge in [-0.1, -0.05) is 24.6 Å². The molecule has 6 nitrogen and oxygen atoms in total. The lowest BCUT2D eigenvalue weighted by Gasteiger charge is -2.30. The van der Waals surface area contributed by atoms with Gasteiger partial charge in [0.05, 0.1) is 18.8 Å². The molecular weight excluding hydrogens is 466 g/mol. The Balaban J connectivity index is 1.79. The zero-order chi connectivity index (χ0) is 25.2. The van der Waals surface area contributed by atoms with Crippen molar-refractivity contribution in [3.63, 3.8) is 0 Å². The van der Waals surface area contributed by atoms with E-state index >= 15 is 0 Å². The maximum Gasteiger partial charge on any atom is 0.329 e. The lowest BCUT2D eigenvalue weighted by Crippen LogP contribution is -2.38. The van der Waals surface area contributed by atoms with Gasteiger partial charge in [0.2, 0.25) is 0 Å². The SMILES string of the molecule is CC[C@@H]1Cc2ccc(Cl)cc2-c2cc(=O)n(C(C[C@@H]3CCCCO3)C(=O)OC(C)(C)C)cc2CO1. The molecule has 4 rings (SSSR count). The van der Waals surface area contributed by atoms with Crippen molar-refractivity contribution < 1.29 is 19.0 Å². The van der Waals surface area contributed by atoms with E-state index in [-0.39, 0.29) is 17.8 Å². The second-order valence-corrected chi connectivity index (χ2v) is 11.0. The number of esters is 1. The topological polar surface area (TPSA) is 66.8 Å². The van der Waals surface area contributed by atoms with Gasteiger partial charge in [-0.3, -0.25) is 4.79 Å². The second-order valence-electron chi connectivity index (χ2n) is 10.6. The summed E-state index contributed by atoms with van der Waals surface area (Å²) in [6, 6.07) is 6.63. The number of hydrogen-bond donors (Lipinski definition) is 0.